The summed E-state index contributed by atoms with van der Waals surface area (Å²) in [6, 6.07) is 11.0. The summed E-state index contributed by atoms with van der Waals surface area (Å²) in [4.78, 5) is 8.34. The van der Waals surface area contributed by atoms with E-state index in [9.17, 15) is 17.9 Å². The summed E-state index contributed by atoms with van der Waals surface area (Å²) in [5.41, 5.74) is 1.73. The maximum Gasteiger partial charge on any atom is 0.229 e. The van der Waals surface area contributed by atoms with E-state index < -0.39 is 23.0 Å². The molecule has 0 spiro atoms. The number of halogens is 1. The van der Waals surface area contributed by atoms with E-state index >= 15 is 0 Å². The largest absolute Gasteiger partial charge is 0.338 e. The second kappa shape index (κ2) is 9.37. The topological polar surface area (TPSA) is 136 Å². The van der Waals surface area contributed by atoms with Crippen LogP contribution in [0.15, 0.2) is 53.6 Å². The Labute approximate surface area is 204 Å². The van der Waals surface area contributed by atoms with Crippen LogP contribution in [0.4, 0.5) is 23.1 Å². The first-order valence-electron chi connectivity index (χ1n) is 10.4. The molecule has 9 nitrogen and oxygen atoms in total. The van der Waals surface area contributed by atoms with E-state index in [1.807, 2.05) is 13.0 Å². The highest BCUT2D eigenvalue weighted by Crippen LogP contribution is 2.37. The molecule has 184 valence electrons. The molecule has 0 atom stereocenters. The summed E-state index contributed by atoms with van der Waals surface area (Å²) in [5.74, 6) is 0.391. The lowest BCUT2D eigenvalue weighted by Crippen LogP contribution is -2.50. The molecule has 0 aliphatic heterocycles. The van der Waals surface area contributed by atoms with Crippen LogP contribution in [0.3, 0.4) is 0 Å². The SMILES string of the molecule is Cc1cc(P(C)(C)=O)ccc1Nc1ncc(Cl)c(Nc2ccccc2S(=O)(O)(O)NC(C)C)n1. The molecule has 0 amide bonds. The van der Waals surface area contributed by atoms with Gasteiger partial charge in [-0.1, -0.05) is 23.7 Å². The van der Waals surface area contributed by atoms with Crippen molar-refractivity contribution in [1.82, 2.24) is 14.7 Å². The Balaban J connectivity index is 1.94. The predicted molar refractivity (Wildman–Crippen MR) is 140 cm³/mol. The van der Waals surface area contributed by atoms with E-state index in [4.69, 9.17) is 11.6 Å². The molecule has 3 rings (SSSR count). The molecule has 34 heavy (non-hydrogen) atoms. The van der Waals surface area contributed by atoms with Gasteiger partial charge in [0.1, 0.15) is 17.1 Å². The van der Waals surface area contributed by atoms with Crippen molar-refractivity contribution in [2.45, 2.75) is 31.7 Å². The van der Waals surface area contributed by atoms with Gasteiger partial charge in [-0.25, -0.2) is 13.9 Å². The molecule has 0 fully saturated rings. The van der Waals surface area contributed by atoms with Crippen molar-refractivity contribution in [2.75, 3.05) is 24.0 Å². The Kier molecular flexibility index (Phi) is 7.24. The van der Waals surface area contributed by atoms with E-state index in [2.05, 4.69) is 25.3 Å². The first-order chi connectivity index (χ1) is 15.6. The number of aromatic nitrogens is 2. The molecular weight excluding hydrogens is 497 g/mol. The van der Waals surface area contributed by atoms with Crippen LogP contribution in [0.5, 0.6) is 0 Å². The number of anilines is 4. The summed E-state index contributed by atoms with van der Waals surface area (Å²) in [5, 5.41) is 6.97. The molecule has 2 aromatic carbocycles. The molecule has 1 aromatic heterocycles. The minimum Gasteiger partial charge on any atom is -0.338 e. The van der Waals surface area contributed by atoms with E-state index in [1.54, 1.807) is 45.4 Å². The van der Waals surface area contributed by atoms with Gasteiger partial charge in [-0.15, -0.1) is 0 Å². The van der Waals surface area contributed by atoms with Crippen LogP contribution in [0.25, 0.3) is 0 Å². The zero-order valence-corrected chi connectivity index (χ0v) is 22.0. The fourth-order valence-corrected chi connectivity index (χ4v) is 6.16. The number of para-hydroxylation sites is 1. The van der Waals surface area contributed by atoms with Gasteiger partial charge in [0, 0.05) is 17.0 Å². The Morgan fingerprint density at radius 1 is 1.06 bits per heavy atom. The number of rotatable bonds is 8. The summed E-state index contributed by atoms with van der Waals surface area (Å²) in [6.07, 6.45) is 1.39. The Morgan fingerprint density at radius 3 is 2.35 bits per heavy atom. The van der Waals surface area contributed by atoms with Gasteiger partial charge in [0.15, 0.2) is 15.6 Å². The van der Waals surface area contributed by atoms with Crippen LogP contribution in [-0.4, -0.2) is 42.7 Å². The second-order valence-corrected chi connectivity index (χ2v) is 14.7. The van der Waals surface area contributed by atoms with Gasteiger partial charge in [0.05, 0.1) is 11.9 Å². The van der Waals surface area contributed by atoms with Crippen molar-refractivity contribution in [1.29, 1.82) is 0 Å². The van der Waals surface area contributed by atoms with Gasteiger partial charge in [-0.05, 0) is 70.0 Å². The molecule has 0 aliphatic carbocycles. The minimum atomic E-state index is -5.35. The van der Waals surface area contributed by atoms with Crippen LogP contribution in [0.2, 0.25) is 5.02 Å². The maximum absolute atomic E-state index is 13.0. The molecule has 0 unspecified atom stereocenters. The van der Waals surface area contributed by atoms with Gasteiger partial charge < -0.3 is 15.2 Å². The average molecular weight is 526 g/mol. The van der Waals surface area contributed by atoms with Gasteiger partial charge in [0.2, 0.25) is 5.95 Å². The predicted octanol–water partition coefficient (Wildman–Crippen LogP) is 5.21. The lowest BCUT2D eigenvalue weighted by molar-refractivity contribution is 0.367. The standard InChI is InChI=1S/C22H29ClN5O4PS/c1-14(2)28-34(30,31,32)20-9-7-6-8-19(20)25-21-17(23)13-24-22(27-21)26-18-11-10-16(12-15(18)3)33(4,5)29/h6-14H,1-5H3,(H2,24,25,26,27)(H3,28,30,31,32). The summed E-state index contributed by atoms with van der Waals surface area (Å²) in [6.45, 7) is 8.60. The highest BCUT2D eigenvalue weighted by Gasteiger charge is 2.35. The molecule has 0 saturated carbocycles. The van der Waals surface area contributed by atoms with Crippen molar-refractivity contribution in [3.63, 3.8) is 0 Å². The zero-order chi connectivity index (χ0) is 25.3. The van der Waals surface area contributed by atoms with E-state index in [1.165, 1.54) is 24.4 Å². The highest BCUT2D eigenvalue weighted by atomic mass is 35.5. The second-order valence-electron chi connectivity index (χ2n) is 8.62. The van der Waals surface area contributed by atoms with Crippen LogP contribution in [0.1, 0.15) is 19.4 Å². The van der Waals surface area contributed by atoms with Crippen molar-refractivity contribution >= 4 is 57.0 Å². The molecule has 3 aromatic rings. The van der Waals surface area contributed by atoms with E-state index in [0.717, 1.165) is 16.6 Å². The van der Waals surface area contributed by atoms with Crippen molar-refractivity contribution in [3.8, 4) is 0 Å². The van der Waals surface area contributed by atoms with Crippen LogP contribution >= 0.6 is 18.7 Å². The van der Waals surface area contributed by atoms with Crippen LogP contribution in [0, 0.1) is 6.92 Å². The third-order valence-electron chi connectivity index (χ3n) is 4.81. The third-order valence-corrected chi connectivity index (χ3v) is 8.65. The number of nitrogens with zero attached hydrogens (tertiary/aromatic N) is 2. The summed E-state index contributed by atoms with van der Waals surface area (Å²) < 4.78 is 48.8. The lowest BCUT2D eigenvalue weighted by Gasteiger charge is -2.35. The molecule has 0 bridgehead atoms. The van der Waals surface area contributed by atoms with Gasteiger partial charge >= 0.3 is 0 Å². The maximum atomic E-state index is 13.0. The minimum absolute atomic E-state index is 0.145. The molecule has 1 heterocycles. The third kappa shape index (κ3) is 6.21. The summed E-state index contributed by atoms with van der Waals surface area (Å²) >= 11 is 6.28. The molecule has 12 heteroatoms. The lowest BCUT2D eigenvalue weighted by atomic mass is 10.2. The highest BCUT2D eigenvalue weighted by molar-refractivity contribution is 8.08. The number of benzene rings is 2. The average Bonchev–Trinajstić information content (AvgIpc) is 2.70. The number of hydrogen-bond donors (Lipinski definition) is 5. The fourth-order valence-electron chi connectivity index (χ4n) is 3.27. The van der Waals surface area contributed by atoms with Gasteiger partial charge in [-0.2, -0.15) is 4.98 Å². The number of aryl methyl sites for hydroxylation is 1. The smallest absolute Gasteiger partial charge is 0.229 e. The van der Waals surface area contributed by atoms with Crippen molar-refractivity contribution in [3.05, 3.63) is 59.2 Å². The van der Waals surface area contributed by atoms with Gasteiger partial charge in [0.25, 0.3) is 0 Å². The van der Waals surface area contributed by atoms with Crippen molar-refractivity contribution < 1.29 is 17.9 Å². The monoisotopic (exact) mass is 525 g/mol. The zero-order valence-electron chi connectivity index (χ0n) is 19.5. The molecule has 5 N–H and O–H groups in total. The van der Waals surface area contributed by atoms with E-state index in [0.29, 0.717) is 0 Å². The summed E-state index contributed by atoms with van der Waals surface area (Å²) in [7, 11) is -7.74. The molecule has 0 radical (unpaired) electrons. The van der Waals surface area contributed by atoms with E-state index in [-0.39, 0.29) is 27.4 Å². The quantitative estimate of drug-likeness (QED) is 0.253. The fraction of sp³-hybridized carbons (Fsp3) is 0.273. The van der Waals surface area contributed by atoms with Gasteiger partial charge in [-0.3, -0.25) is 9.11 Å². The number of nitrogens with one attached hydrogen (secondary N) is 3. The first-order valence-corrected chi connectivity index (χ1v) is 15.3. The Morgan fingerprint density at radius 2 is 1.74 bits per heavy atom. The first kappa shape index (κ1) is 26.3. The normalized spacial score (nSPS) is 13.4. The Hall–Kier alpha value is -2.33. The molecule has 0 saturated heterocycles. The molecule has 0 aliphatic rings. The number of hydrogen-bond acceptors (Lipinski definition) is 6. The van der Waals surface area contributed by atoms with Crippen LogP contribution < -0.4 is 20.7 Å². The van der Waals surface area contributed by atoms with Crippen LogP contribution in [-0.2, 0) is 14.4 Å². The Bertz CT molecular complexity index is 1340. The van der Waals surface area contributed by atoms with Crippen molar-refractivity contribution in [2.24, 2.45) is 0 Å². The molecular formula is C22H29ClN5O4PS.